The van der Waals surface area contributed by atoms with Gasteiger partial charge in [-0.2, -0.15) is 0 Å². The van der Waals surface area contributed by atoms with Gasteiger partial charge in [0.15, 0.2) is 0 Å². The number of aryl methyl sites for hydroxylation is 1. The second kappa shape index (κ2) is 8.16. The second-order valence-corrected chi connectivity index (χ2v) is 5.93. The van der Waals surface area contributed by atoms with Crippen LogP contribution in [0.2, 0.25) is 5.02 Å². The molecule has 0 bridgehead atoms. The molecule has 2 nitrogen and oxygen atoms in total. The number of rotatable bonds is 3. The van der Waals surface area contributed by atoms with Crippen LogP contribution in [0.4, 0.5) is 5.69 Å². The zero-order valence-corrected chi connectivity index (χ0v) is 14.8. The Kier molecular flexibility index (Phi) is 6.23. The summed E-state index contributed by atoms with van der Waals surface area (Å²) in [5.74, 6) is 0.167. The lowest BCUT2D eigenvalue weighted by Gasteiger charge is -2.28. The zero-order valence-electron chi connectivity index (χ0n) is 14.0. The van der Waals surface area contributed by atoms with Gasteiger partial charge in [0.05, 0.1) is 0 Å². The summed E-state index contributed by atoms with van der Waals surface area (Å²) in [4.78, 5) is 12.1. The summed E-state index contributed by atoms with van der Waals surface area (Å²) in [6.07, 6.45) is 2.52. The molecule has 2 aromatic carbocycles. The van der Waals surface area contributed by atoms with E-state index in [0.29, 0.717) is 11.4 Å². The van der Waals surface area contributed by atoms with E-state index in [9.17, 15) is 4.79 Å². The Balaban J connectivity index is 0.000000924. The fourth-order valence-corrected chi connectivity index (χ4v) is 3.25. The average Bonchev–Trinajstić information content (AvgIpc) is 2.57. The number of nitrogens with one attached hydrogen (secondary N) is 1. The minimum atomic E-state index is 0.0797. The van der Waals surface area contributed by atoms with Gasteiger partial charge in [0.25, 0.3) is 0 Å². The standard InChI is InChI=1S/C18H18ClNO.C2H6/c1-2-5-12-6-4-9-15-16(11-17(21)20-18(12)15)13-7-3-8-14(19)10-13;1-2/h3-4,6-10,16H,2,5,11H2,1H3,(H,20,21);1-2H3. The molecular weight excluding hydrogens is 306 g/mol. The molecule has 1 N–H and O–H groups in total. The molecule has 1 heterocycles. The molecule has 1 aliphatic heterocycles. The summed E-state index contributed by atoms with van der Waals surface area (Å²) < 4.78 is 0. The number of hydrogen-bond acceptors (Lipinski definition) is 1. The van der Waals surface area contributed by atoms with E-state index >= 15 is 0 Å². The monoisotopic (exact) mass is 329 g/mol. The maximum absolute atomic E-state index is 12.1. The maximum Gasteiger partial charge on any atom is 0.225 e. The van der Waals surface area contributed by atoms with Crippen LogP contribution >= 0.6 is 11.6 Å². The van der Waals surface area contributed by atoms with E-state index in [2.05, 4.69) is 30.4 Å². The molecular formula is C20H24ClNO. The Morgan fingerprint density at radius 2 is 1.91 bits per heavy atom. The number of fused-ring (bicyclic) bond motifs is 1. The predicted octanol–water partition coefficient (Wildman–Crippen LogP) is 5.79. The average molecular weight is 330 g/mol. The summed E-state index contributed by atoms with van der Waals surface area (Å²) in [6, 6.07) is 14.1. The van der Waals surface area contributed by atoms with Crippen molar-refractivity contribution in [1.29, 1.82) is 0 Å². The predicted molar refractivity (Wildman–Crippen MR) is 98.3 cm³/mol. The van der Waals surface area contributed by atoms with Gasteiger partial charge in [-0.1, -0.05) is 69.1 Å². The van der Waals surface area contributed by atoms with E-state index in [1.165, 1.54) is 11.1 Å². The van der Waals surface area contributed by atoms with E-state index in [0.717, 1.165) is 24.1 Å². The number of carbonyl (C=O) groups excluding carboxylic acids is 1. The summed E-state index contributed by atoms with van der Waals surface area (Å²) in [7, 11) is 0. The third-order valence-electron chi connectivity index (χ3n) is 3.98. The van der Waals surface area contributed by atoms with Crippen LogP contribution < -0.4 is 5.32 Å². The van der Waals surface area contributed by atoms with Crippen LogP contribution in [0, 0.1) is 0 Å². The van der Waals surface area contributed by atoms with Crippen molar-refractivity contribution >= 4 is 23.2 Å². The summed E-state index contributed by atoms with van der Waals surface area (Å²) in [6.45, 7) is 6.15. The van der Waals surface area contributed by atoms with Crippen molar-refractivity contribution in [3.8, 4) is 0 Å². The van der Waals surface area contributed by atoms with Crippen molar-refractivity contribution in [2.75, 3.05) is 5.32 Å². The second-order valence-electron chi connectivity index (χ2n) is 5.49. The van der Waals surface area contributed by atoms with Crippen LogP contribution in [0.25, 0.3) is 0 Å². The Morgan fingerprint density at radius 1 is 1.17 bits per heavy atom. The normalized spacial score (nSPS) is 16.0. The molecule has 0 aliphatic carbocycles. The number of hydrogen-bond donors (Lipinski definition) is 1. The van der Waals surface area contributed by atoms with Gasteiger partial charge >= 0.3 is 0 Å². The lowest BCUT2D eigenvalue weighted by atomic mass is 9.83. The van der Waals surface area contributed by atoms with Gasteiger partial charge in [-0.3, -0.25) is 4.79 Å². The SMILES string of the molecule is CC.CCCc1cccc2c1NC(=O)CC2c1cccc(Cl)c1. The van der Waals surface area contributed by atoms with Crippen LogP contribution in [0.5, 0.6) is 0 Å². The van der Waals surface area contributed by atoms with Crippen LogP contribution in [-0.4, -0.2) is 5.91 Å². The maximum atomic E-state index is 12.1. The molecule has 0 saturated carbocycles. The van der Waals surface area contributed by atoms with Crippen molar-refractivity contribution in [2.24, 2.45) is 0 Å². The van der Waals surface area contributed by atoms with Crippen LogP contribution in [0.15, 0.2) is 42.5 Å². The molecule has 1 unspecified atom stereocenters. The smallest absolute Gasteiger partial charge is 0.225 e. The Hall–Kier alpha value is -1.80. The van der Waals surface area contributed by atoms with E-state index in [1.807, 2.05) is 38.1 Å². The van der Waals surface area contributed by atoms with Gasteiger partial charge in [-0.25, -0.2) is 0 Å². The topological polar surface area (TPSA) is 29.1 Å². The molecule has 23 heavy (non-hydrogen) atoms. The number of benzene rings is 2. The molecule has 1 amide bonds. The molecule has 3 heteroatoms. The van der Waals surface area contributed by atoms with Crippen molar-refractivity contribution in [3.05, 3.63) is 64.2 Å². The van der Waals surface area contributed by atoms with Gasteiger partial charge in [0, 0.05) is 23.0 Å². The molecule has 3 rings (SSSR count). The molecule has 0 radical (unpaired) electrons. The Bertz CT molecular complexity index is 681. The first-order valence-electron chi connectivity index (χ1n) is 8.36. The van der Waals surface area contributed by atoms with Gasteiger partial charge in [0.1, 0.15) is 0 Å². The lowest BCUT2D eigenvalue weighted by molar-refractivity contribution is -0.116. The largest absolute Gasteiger partial charge is 0.326 e. The van der Waals surface area contributed by atoms with Gasteiger partial charge < -0.3 is 5.32 Å². The van der Waals surface area contributed by atoms with Crippen molar-refractivity contribution in [1.82, 2.24) is 0 Å². The third-order valence-corrected chi connectivity index (χ3v) is 4.22. The molecule has 2 aromatic rings. The quantitative estimate of drug-likeness (QED) is 0.758. The fraction of sp³-hybridized carbons (Fsp3) is 0.350. The highest BCUT2D eigenvalue weighted by molar-refractivity contribution is 6.30. The number of halogens is 1. The van der Waals surface area contributed by atoms with Gasteiger partial charge in [-0.05, 0) is 35.2 Å². The fourth-order valence-electron chi connectivity index (χ4n) is 3.05. The molecule has 1 atom stereocenters. The first kappa shape index (κ1) is 17.6. The minimum Gasteiger partial charge on any atom is -0.326 e. The highest BCUT2D eigenvalue weighted by atomic mass is 35.5. The Labute approximate surface area is 143 Å². The molecule has 122 valence electrons. The zero-order chi connectivity index (χ0) is 16.8. The molecule has 0 fully saturated rings. The van der Waals surface area contributed by atoms with E-state index in [4.69, 9.17) is 11.6 Å². The van der Waals surface area contributed by atoms with Gasteiger partial charge in [-0.15, -0.1) is 0 Å². The molecule has 0 saturated heterocycles. The van der Waals surface area contributed by atoms with E-state index in [-0.39, 0.29) is 11.8 Å². The summed E-state index contributed by atoms with van der Waals surface area (Å²) in [5, 5.41) is 3.77. The number of para-hydroxylation sites is 1. The first-order chi connectivity index (χ1) is 11.2. The minimum absolute atomic E-state index is 0.0797. The van der Waals surface area contributed by atoms with Crippen LogP contribution in [-0.2, 0) is 11.2 Å². The number of amides is 1. The molecule has 0 spiro atoms. The van der Waals surface area contributed by atoms with Crippen molar-refractivity contribution < 1.29 is 4.79 Å². The molecule has 0 aromatic heterocycles. The van der Waals surface area contributed by atoms with E-state index in [1.54, 1.807) is 0 Å². The van der Waals surface area contributed by atoms with Gasteiger partial charge in [0.2, 0.25) is 5.91 Å². The third kappa shape index (κ3) is 3.94. The van der Waals surface area contributed by atoms with E-state index < -0.39 is 0 Å². The van der Waals surface area contributed by atoms with Crippen LogP contribution in [0.3, 0.4) is 0 Å². The number of anilines is 1. The molecule has 1 aliphatic rings. The highest BCUT2D eigenvalue weighted by Crippen LogP contribution is 2.39. The lowest BCUT2D eigenvalue weighted by Crippen LogP contribution is -2.24. The number of carbonyl (C=O) groups is 1. The first-order valence-corrected chi connectivity index (χ1v) is 8.74. The van der Waals surface area contributed by atoms with Crippen molar-refractivity contribution in [3.63, 3.8) is 0 Å². The highest BCUT2D eigenvalue weighted by Gasteiger charge is 2.27. The van der Waals surface area contributed by atoms with Crippen molar-refractivity contribution in [2.45, 2.75) is 46.0 Å². The summed E-state index contributed by atoms with van der Waals surface area (Å²) in [5.41, 5.74) is 4.52. The summed E-state index contributed by atoms with van der Waals surface area (Å²) >= 11 is 6.11. The van der Waals surface area contributed by atoms with Crippen LogP contribution in [0.1, 0.15) is 56.2 Å². The Morgan fingerprint density at radius 3 is 2.61 bits per heavy atom.